The van der Waals surface area contributed by atoms with Crippen molar-refractivity contribution < 1.29 is 0 Å². The van der Waals surface area contributed by atoms with E-state index in [2.05, 4.69) is 185 Å². The second-order valence-corrected chi connectivity index (χ2v) is 20.1. The van der Waals surface area contributed by atoms with Crippen molar-refractivity contribution in [2.24, 2.45) is 5.41 Å². The van der Waals surface area contributed by atoms with Gasteiger partial charge in [0.1, 0.15) is 0 Å². The Hall–Kier alpha value is -5.02. The first kappa shape index (κ1) is 37.0. The summed E-state index contributed by atoms with van der Waals surface area (Å²) in [4.78, 5) is 5.35. The molecule has 0 aromatic heterocycles. The van der Waals surface area contributed by atoms with E-state index in [4.69, 9.17) is 0 Å². The van der Waals surface area contributed by atoms with Crippen LogP contribution in [0.15, 0.2) is 133 Å². The smallest absolute Gasteiger partial charge is 0.248 e. The van der Waals surface area contributed by atoms with Crippen LogP contribution in [0.25, 0.3) is 11.1 Å². The van der Waals surface area contributed by atoms with Crippen molar-refractivity contribution in [3.05, 3.63) is 156 Å². The first-order chi connectivity index (χ1) is 28.6. The van der Waals surface area contributed by atoms with Gasteiger partial charge in [-0.3, -0.25) is 0 Å². The lowest BCUT2D eigenvalue weighted by Crippen LogP contribution is -2.55. The molecule has 0 radical (unpaired) electrons. The van der Waals surface area contributed by atoms with Gasteiger partial charge in [-0.05, 0) is 131 Å². The molecule has 4 atom stereocenters. The SMILES string of the molecule is CCC(c1ccc2c(c1)B1c3ccccc3N(c3ccccc3)c3cc(N4c5ccccc5C5(C)CCCCC45C)cc-2c31)c1ccccc1C1(C)CCCCC1(C)C. The van der Waals surface area contributed by atoms with Crippen molar-refractivity contribution in [2.75, 3.05) is 9.80 Å². The maximum atomic E-state index is 2.78. The Morgan fingerprint density at radius 1 is 0.542 bits per heavy atom. The molecular weight excluding hydrogens is 711 g/mol. The standard InChI is InChI=1S/C56H59BN2/c1-7-41(42-23-11-12-24-45(42)54(4)32-18-17-31-53(54,2)3)38-29-30-43-44-36-40(59-49-27-15-13-25-46(49)55(5)33-19-20-34-56(55,59)6)37-51-52(44)57(48(43)35-38)47-26-14-16-28-50(47)58(51)39-21-9-8-10-22-39/h8-16,21-30,35-37,41H,7,17-20,31-34H2,1-6H3. The molecule has 2 saturated carbocycles. The van der Waals surface area contributed by atoms with Crippen molar-refractivity contribution in [1.82, 2.24) is 0 Å². The van der Waals surface area contributed by atoms with Gasteiger partial charge in [-0.2, -0.15) is 0 Å². The maximum Gasteiger partial charge on any atom is 0.248 e. The summed E-state index contributed by atoms with van der Waals surface area (Å²) in [6.45, 7) is 15.3. The lowest BCUT2D eigenvalue weighted by molar-refractivity contribution is 0.108. The van der Waals surface area contributed by atoms with E-state index in [0.29, 0.717) is 5.92 Å². The summed E-state index contributed by atoms with van der Waals surface area (Å²) in [7, 11) is 0. The summed E-state index contributed by atoms with van der Waals surface area (Å²) < 4.78 is 0. The van der Waals surface area contributed by atoms with Gasteiger partial charge in [-0.25, -0.2) is 0 Å². The summed E-state index contributed by atoms with van der Waals surface area (Å²) in [6, 6.07) is 52.1. The van der Waals surface area contributed by atoms with Gasteiger partial charge < -0.3 is 9.80 Å². The fourth-order valence-corrected chi connectivity index (χ4v) is 13.3. The molecule has 0 saturated heterocycles. The molecule has 3 heterocycles. The highest BCUT2D eigenvalue weighted by Crippen LogP contribution is 2.61. The van der Waals surface area contributed by atoms with E-state index in [0.717, 1.165) is 6.42 Å². The quantitative estimate of drug-likeness (QED) is 0.155. The zero-order chi connectivity index (χ0) is 40.3. The van der Waals surface area contributed by atoms with Crippen molar-refractivity contribution >= 4 is 51.5 Å². The van der Waals surface area contributed by atoms with Gasteiger partial charge >= 0.3 is 0 Å². The maximum absolute atomic E-state index is 2.78. The Labute approximate surface area is 353 Å². The number of hydrogen-bond acceptors (Lipinski definition) is 2. The second-order valence-electron chi connectivity index (χ2n) is 20.1. The molecular formula is C56H59BN2. The van der Waals surface area contributed by atoms with Crippen LogP contribution in [0.5, 0.6) is 0 Å². The van der Waals surface area contributed by atoms with Crippen molar-refractivity contribution in [1.29, 1.82) is 0 Å². The van der Waals surface area contributed by atoms with E-state index in [1.165, 1.54) is 124 Å². The zero-order valence-electron chi connectivity index (χ0n) is 36.1. The van der Waals surface area contributed by atoms with Crippen molar-refractivity contribution in [3.63, 3.8) is 0 Å². The Bertz CT molecular complexity index is 2630. The highest BCUT2D eigenvalue weighted by molar-refractivity contribution is 7.01. The fourth-order valence-electron chi connectivity index (χ4n) is 13.3. The number of anilines is 5. The Kier molecular flexibility index (Phi) is 8.31. The minimum atomic E-state index is -0.0178. The topological polar surface area (TPSA) is 6.48 Å². The monoisotopic (exact) mass is 770 g/mol. The van der Waals surface area contributed by atoms with E-state index in [1.807, 2.05) is 0 Å². The minimum Gasteiger partial charge on any atom is -0.334 e. The molecule has 2 aliphatic carbocycles. The Morgan fingerprint density at radius 2 is 1.20 bits per heavy atom. The van der Waals surface area contributed by atoms with E-state index >= 15 is 0 Å². The van der Waals surface area contributed by atoms with Gasteiger partial charge in [0.25, 0.3) is 0 Å². The summed E-state index contributed by atoms with van der Waals surface area (Å²) >= 11 is 0. The molecule has 59 heavy (non-hydrogen) atoms. The molecule has 3 aliphatic heterocycles. The second kappa shape index (κ2) is 13.2. The number of para-hydroxylation sites is 3. The normalized spacial score (nSPS) is 25.2. The minimum absolute atomic E-state index is 0.0178. The molecule has 4 unspecified atom stereocenters. The van der Waals surface area contributed by atoms with Crippen LogP contribution in [0.1, 0.15) is 128 Å². The number of fused-ring (bicyclic) bond motifs is 8. The Morgan fingerprint density at radius 3 is 1.98 bits per heavy atom. The van der Waals surface area contributed by atoms with Crippen LogP contribution >= 0.6 is 0 Å². The van der Waals surface area contributed by atoms with Crippen LogP contribution < -0.4 is 26.2 Å². The predicted octanol–water partition coefficient (Wildman–Crippen LogP) is 13.1. The highest BCUT2D eigenvalue weighted by atomic mass is 15.3. The molecule has 5 aliphatic rings. The average molecular weight is 771 g/mol. The van der Waals surface area contributed by atoms with Crippen LogP contribution in [-0.4, -0.2) is 12.3 Å². The fraction of sp³-hybridized carbons (Fsp3) is 0.357. The van der Waals surface area contributed by atoms with Crippen LogP contribution in [0, 0.1) is 5.41 Å². The van der Waals surface area contributed by atoms with Gasteiger partial charge in [-0.15, -0.1) is 0 Å². The number of rotatable bonds is 6. The van der Waals surface area contributed by atoms with Crippen molar-refractivity contribution in [2.45, 2.75) is 122 Å². The number of benzene rings is 6. The summed E-state index contributed by atoms with van der Waals surface area (Å²) in [5.41, 5.74) is 20.2. The lowest BCUT2D eigenvalue weighted by atomic mass is 9.37. The van der Waals surface area contributed by atoms with E-state index in [9.17, 15) is 0 Å². The van der Waals surface area contributed by atoms with Gasteiger partial charge in [-0.1, -0.05) is 163 Å². The first-order valence-electron chi connectivity index (χ1n) is 22.9. The summed E-state index contributed by atoms with van der Waals surface area (Å²) in [5.74, 6) is 0.328. The summed E-state index contributed by atoms with van der Waals surface area (Å²) in [6.07, 6.45) is 11.2. The number of hydrogen-bond donors (Lipinski definition) is 0. The molecule has 11 rings (SSSR count). The van der Waals surface area contributed by atoms with E-state index in [1.54, 1.807) is 5.56 Å². The van der Waals surface area contributed by atoms with Gasteiger partial charge in [0.2, 0.25) is 6.71 Å². The molecule has 0 amide bonds. The molecule has 6 aromatic rings. The molecule has 0 N–H and O–H groups in total. The largest absolute Gasteiger partial charge is 0.334 e. The van der Waals surface area contributed by atoms with Crippen LogP contribution in [0.2, 0.25) is 0 Å². The number of nitrogens with zero attached hydrogens (tertiary/aromatic N) is 2. The van der Waals surface area contributed by atoms with E-state index in [-0.39, 0.29) is 28.5 Å². The average Bonchev–Trinajstić information content (AvgIpc) is 3.69. The highest BCUT2D eigenvalue weighted by Gasteiger charge is 2.58. The lowest BCUT2D eigenvalue weighted by Gasteiger charge is -2.50. The van der Waals surface area contributed by atoms with Crippen LogP contribution in [0.3, 0.4) is 0 Å². The first-order valence-corrected chi connectivity index (χ1v) is 22.9. The third-order valence-corrected chi connectivity index (χ3v) is 17.1. The van der Waals surface area contributed by atoms with E-state index < -0.39 is 0 Å². The molecule has 0 bridgehead atoms. The van der Waals surface area contributed by atoms with Crippen LogP contribution in [0.4, 0.5) is 28.4 Å². The molecule has 6 aromatic carbocycles. The molecule has 3 heteroatoms. The van der Waals surface area contributed by atoms with Gasteiger partial charge in [0.15, 0.2) is 0 Å². The Balaban J connectivity index is 1.13. The molecule has 2 fully saturated rings. The van der Waals surface area contributed by atoms with Gasteiger partial charge in [0, 0.05) is 39.8 Å². The summed E-state index contributed by atoms with van der Waals surface area (Å²) in [5, 5.41) is 0. The third-order valence-electron chi connectivity index (χ3n) is 17.1. The molecule has 296 valence electrons. The van der Waals surface area contributed by atoms with Crippen molar-refractivity contribution in [3.8, 4) is 11.1 Å². The van der Waals surface area contributed by atoms with Gasteiger partial charge in [0.05, 0.1) is 5.54 Å². The molecule has 0 spiro atoms. The predicted molar refractivity (Wildman–Crippen MR) is 252 cm³/mol. The van der Waals surface area contributed by atoms with Crippen LogP contribution in [-0.2, 0) is 10.8 Å². The third kappa shape index (κ3) is 5.06. The zero-order valence-corrected chi connectivity index (χ0v) is 36.1. The molecule has 2 nitrogen and oxygen atoms in total.